The van der Waals surface area contributed by atoms with E-state index in [1.165, 1.54) is 0 Å². The third-order valence-corrected chi connectivity index (χ3v) is 2.75. The zero-order valence-electron chi connectivity index (χ0n) is 9.20. The van der Waals surface area contributed by atoms with Gasteiger partial charge in [0.05, 0.1) is 6.61 Å². The van der Waals surface area contributed by atoms with Gasteiger partial charge in [-0.15, -0.1) is 0 Å². The number of aliphatic hydroxyl groups is 4. The fourth-order valence-electron chi connectivity index (χ4n) is 1.42. The molecule has 1 saturated heterocycles. The number of hydrazine groups is 1. The number of nitrogens with one attached hydrogen (secondary N) is 3. The Morgan fingerprint density at radius 2 is 1.88 bits per heavy atom. The average molecular weight is 267 g/mol. The molecule has 0 amide bonds. The van der Waals surface area contributed by atoms with Crippen LogP contribution in [0.5, 0.6) is 0 Å². The van der Waals surface area contributed by atoms with Crippen LogP contribution in [0.15, 0.2) is 0 Å². The summed E-state index contributed by atoms with van der Waals surface area (Å²) >= 11 is 4.79. The smallest absolute Gasteiger partial charge is 0.180 e. The van der Waals surface area contributed by atoms with Crippen molar-refractivity contribution in [3.8, 4) is 0 Å². The quantitative estimate of drug-likeness (QED) is 0.205. The summed E-state index contributed by atoms with van der Waals surface area (Å²) in [6.07, 6.45) is -6.08. The second kappa shape index (κ2) is 6.40. The van der Waals surface area contributed by atoms with Crippen LogP contribution >= 0.6 is 12.2 Å². The minimum absolute atomic E-state index is 0.266. The zero-order valence-corrected chi connectivity index (χ0v) is 10.0. The minimum Gasteiger partial charge on any atom is -0.394 e. The monoisotopic (exact) mass is 267 g/mol. The van der Waals surface area contributed by atoms with E-state index in [2.05, 4.69) is 16.2 Å². The van der Waals surface area contributed by atoms with Crippen LogP contribution in [0.3, 0.4) is 0 Å². The highest BCUT2D eigenvalue weighted by Crippen LogP contribution is 2.19. The molecule has 17 heavy (non-hydrogen) atoms. The number of hydrogen-bond acceptors (Lipinski definition) is 7. The average Bonchev–Trinajstić information content (AvgIpc) is 2.34. The van der Waals surface area contributed by atoms with Crippen molar-refractivity contribution in [3.63, 3.8) is 0 Å². The van der Waals surface area contributed by atoms with Gasteiger partial charge in [0.25, 0.3) is 0 Å². The fourth-order valence-corrected chi connectivity index (χ4v) is 1.48. The van der Waals surface area contributed by atoms with Crippen molar-refractivity contribution < 1.29 is 25.2 Å². The third-order valence-electron chi connectivity index (χ3n) is 2.45. The van der Waals surface area contributed by atoms with Crippen LogP contribution in [-0.4, -0.2) is 69.8 Å². The van der Waals surface area contributed by atoms with Gasteiger partial charge in [-0.05, 0) is 12.2 Å². The zero-order chi connectivity index (χ0) is 13.0. The molecule has 1 heterocycles. The van der Waals surface area contributed by atoms with Crippen molar-refractivity contribution in [2.24, 2.45) is 0 Å². The highest BCUT2D eigenvalue weighted by Gasteiger charge is 2.43. The minimum atomic E-state index is -1.41. The van der Waals surface area contributed by atoms with E-state index in [1.54, 1.807) is 7.05 Å². The van der Waals surface area contributed by atoms with Gasteiger partial charge in [-0.3, -0.25) is 5.43 Å². The molecular weight excluding hydrogens is 250 g/mol. The molecule has 0 aromatic carbocycles. The van der Waals surface area contributed by atoms with Gasteiger partial charge in [0.2, 0.25) is 0 Å². The molecule has 0 bridgehead atoms. The molecule has 1 fully saturated rings. The van der Waals surface area contributed by atoms with Crippen LogP contribution in [0.25, 0.3) is 0 Å². The van der Waals surface area contributed by atoms with Gasteiger partial charge in [-0.25, -0.2) is 5.43 Å². The number of aliphatic hydroxyl groups excluding tert-OH is 4. The molecular formula is C8H17N3O5S. The lowest BCUT2D eigenvalue weighted by Gasteiger charge is -2.40. The maximum atomic E-state index is 9.62. The molecule has 8 nitrogen and oxygen atoms in total. The highest BCUT2D eigenvalue weighted by atomic mass is 32.1. The Labute approximate surface area is 104 Å². The standard InChI is InChI=1S/C8H17N3O5S/c1-9-8(17)11-10-7-6(15)5(14)4(13)3(2-12)16-7/h3-7,10,12-15H,2H2,1H3,(H2,9,11,17)/t3-,4+,5-,6+,7+/m0/s1. The first kappa shape index (κ1) is 14.5. The van der Waals surface area contributed by atoms with E-state index in [9.17, 15) is 15.3 Å². The molecule has 9 heteroatoms. The Hall–Kier alpha value is -0.550. The molecule has 1 aliphatic heterocycles. The van der Waals surface area contributed by atoms with Gasteiger partial charge >= 0.3 is 0 Å². The summed E-state index contributed by atoms with van der Waals surface area (Å²) < 4.78 is 5.15. The Bertz CT molecular complexity index is 268. The molecule has 0 radical (unpaired) electrons. The first-order chi connectivity index (χ1) is 8.01. The van der Waals surface area contributed by atoms with Crippen molar-refractivity contribution in [1.82, 2.24) is 16.2 Å². The van der Waals surface area contributed by atoms with Crippen molar-refractivity contribution in [2.45, 2.75) is 30.6 Å². The van der Waals surface area contributed by atoms with Gasteiger partial charge < -0.3 is 30.5 Å². The van der Waals surface area contributed by atoms with Crippen LogP contribution in [0.2, 0.25) is 0 Å². The maximum absolute atomic E-state index is 9.62. The first-order valence-electron chi connectivity index (χ1n) is 5.05. The normalized spacial score (nSPS) is 37.6. The van der Waals surface area contributed by atoms with E-state index in [0.717, 1.165) is 0 Å². The molecule has 0 unspecified atom stereocenters. The molecule has 5 atom stereocenters. The molecule has 0 aliphatic carbocycles. The highest BCUT2D eigenvalue weighted by molar-refractivity contribution is 7.80. The molecule has 100 valence electrons. The van der Waals surface area contributed by atoms with E-state index in [4.69, 9.17) is 22.1 Å². The fraction of sp³-hybridized carbons (Fsp3) is 0.875. The molecule has 1 aliphatic rings. The molecule has 0 aromatic rings. The Balaban J connectivity index is 2.56. The summed E-state index contributed by atoms with van der Waals surface area (Å²) in [4.78, 5) is 0. The van der Waals surface area contributed by atoms with Gasteiger partial charge in [0.15, 0.2) is 11.3 Å². The molecule has 1 rings (SSSR count). The molecule has 0 saturated carbocycles. The number of thiocarbonyl (C=S) groups is 1. The van der Waals surface area contributed by atoms with Gasteiger partial charge in [0.1, 0.15) is 24.4 Å². The number of hydrogen-bond donors (Lipinski definition) is 7. The van der Waals surface area contributed by atoms with Gasteiger partial charge in [-0.2, -0.15) is 0 Å². The Morgan fingerprint density at radius 3 is 2.41 bits per heavy atom. The maximum Gasteiger partial charge on any atom is 0.180 e. The van der Waals surface area contributed by atoms with Crippen LogP contribution in [0, 0.1) is 0 Å². The van der Waals surface area contributed by atoms with Crippen molar-refractivity contribution in [3.05, 3.63) is 0 Å². The molecule has 7 N–H and O–H groups in total. The Morgan fingerprint density at radius 1 is 1.24 bits per heavy atom. The number of rotatable bonds is 3. The third kappa shape index (κ3) is 3.45. The van der Waals surface area contributed by atoms with Crippen molar-refractivity contribution >= 4 is 17.3 Å². The van der Waals surface area contributed by atoms with Crippen LogP contribution in [0.1, 0.15) is 0 Å². The summed E-state index contributed by atoms with van der Waals surface area (Å²) in [7, 11) is 1.60. The van der Waals surface area contributed by atoms with Crippen molar-refractivity contribution in [1.29, 1.82) is 0 Å². The summed E-state index contributed by atoms with van der Waals surface area (Å²) in [5.41, 5.74) is 5.05. The van der Waals surface area contributed by atoms with Crippen LogP contribution in [-0.2, 0) is 4.74 Å². The molecule has 0 aromatic heterocycles. The molecule has 0 spiro atoms. The van der Waals surface area contributed by atoms with Crippen LogP contribution in [0.4, 0.5) is 0 Å². The van der Waals surface area contributed by atoms with E-state index in [1.807, 2.05) is 0 Å². The first-order valence-corrected chi connectivity index (χ1v) is 5.45. The van der Waals surface area contributed by atoms with Gasteiger partial charge in [0, 0.05) is 7.05 Å². The second-order valence-corrected chi connectivity index (χ2v) is 4.01. The predicted molar refractivity (Wildman–Crippen MR) is 61.7 cm³/mol. The SMILES string of the molecule is CNC(=S)NN[C@@H]1O[C@@H](CO)[C@@H](O)[C@H](O)[C@H]1O. The van der Waals surface area contributed by atoms with Crippen molar-refractivity contribution in [2.75, 3.05) is 13.7 Å². The largest absolute Gasteiger partial charge is 0.394 e. The van der Waals surface area contributed by atoms with E-state index in [-0.39, 0.29) is 5.11 Å². The predicted octanol–water partition coefficient (Wildman–Crippen LogP) is -3.62. The van der Waals surface area contributed by atoms with E-state index in [0.29, 0.717) is 0 Å². The second-order valence-electron chi connectivity index (χ2n) is 3.60. The summed E-state index contributed by atoms with van der Waals surface area (Å²) in [5, 5.41) is 40.5. The summed E-state index contributed by atoms with van der Waals surface area (Å²) in [5.74, 6) is 0. The lowest BCUT2D eigenvalue weighted by atomic mass is 9.99. The topological polar surface area (TPSA) is 126 Å². The van der Waals surface area contributed by atoms with E-state index < -0.39 is 37.3 Å². The number of ether oxygens (including phenoxy) is 1. The lowest BCUT2D eigenvalue weighted by Crippen LogP contribution is -2.65. The van der Waals surface area contributed by atoms with E-state index >= 15 is 0 Å². The van der Waals surface area contributed by atoms with Gasteiger partial charge in [-0.1, -0.05) is 0 Å². The summed E-state index contributed by atoms with van der Waals surface area (Å²) in [6.45, 7) is -0.473. The Kier molecular flexibility index (Phi) is 5.46. The lowest BCUT2D eigenvalue weighted by molar-refractivity contribution is -0.238. The summed E-state index contributed by atoms with van der Waals surface area (Å²) in [6, 6.07) is 0. The van der Waals surface area contributed by atoms with Crippen LogP contribution < -0.4 is 16.2 Å².